The summed E-state index contributed by atoms with van der Waals surface area (Å²) < 4.78 is 15.0. The van der Waals surface area contributed by atoms with E-state index >= 15 is 0 Å². The van der Waals surface area contributed by atoms with Crippen molar-refractivity contribution in [3.63, 3.8) is 0 Å². The van der Waals surface area contributed by atoms with Crippen LogP contribution in [0, 0.1) is 5.82 Å². The van der Waals surface area contributed by atoms with Crippen LogP contribution in [0.3, 0.4) is 0 Å². The second-order valence-corrected chi connectivity index (χ2v) is 7.81. The molecule has 3 rings (SSSR count). The number of aromatic hydroxyl groups is 1. The van der Waals surface area contributed by atoms with Gasteiger partial charge in [0.25, 0.3) is 5.56 Å². The van der Waals surface area contributed by atoms with Gasteiger partial charge in [0, 0.05) is 20.6 Å². The monoisotopic (exact) mass is 456 g/mol. The Morgan fingerprint density at radius 3 is 2.38 bits per heavy atom. The predicted molar refractivity (Wildman–Crippen MR) is 122 cm³/mol. The molecule has 0 radical (unpaired) electrons. The molecule has 1 amide bonds. The summed E-state index contributed by atoms with van der Waals surface area (Å²) in [6.07, 6.45) is 0. The first-order valence-electron chi connectivity index (χ1n) is 9.55. The van der Waals surface area contributed by atoms with Gasteiger partial charge in [0.15, 0.2) is 0 Å². The van der Waals surface area contributed by atoms with Crippen LogP contribution < -0.4 is 16.6 Å². The lowest BCUT2D eigenvalue weighted by atomic mass is 10.2. The lowest BCUT2D eigenvalue weighted by Gasteiger charge is -2.12. The highest BCUT2D eigenvalue weighted by Crippen LogP contribution is 2.23. The Morgan fingerprint density at radius 1 is 1.06 bits per heavy atom. The van der Waals surface area contributed by atoms with Gasteiger partial charge in [0.05, 0.1) is 11.4 Å². The largest absolute Gasteiger partial charge is 0.494 e. The molecule has 0 saturated carbocycles. The molecule has 32 heavy (non-hydrogen) atoms. The van der Waals surface area contributed by atoms with Crippen molar-refractivity contribution in [2.45, 2.75) is 6.54 Å². The van der Waals surface area contributed by atoms with Crippen LogP contribution in [0.5, 0.6) is 5.88 Å². The van der Waals surface area contributed by atoms with Gasteiger partial charge in [-0.05, 0) is 29.8 Å². The number of nitrogens with one attached hydrogen (secondary N) is 1. The smallest absolute Gasteiger partial charge is 0.333 e. The Labute approximate surface area is 187 Å². The Hall–Kier alpha value is -3.66. The Balaban J connectivity index is 1.91. The molecule has 3 aromatic rings. The first-order chi connectivity index (χ1) is 15.3. The molecule has 2 N–H and O–H groups in total. The van der Waals surface area contributed by atoms with E-state index in [1.54, 1.807) is 0 Å². The summed E-state index contributed by atoms with van der Waals surface area (Å²) in [6, 6.07) is 14.5. The minimum atomic E-state index is -0.761. The summed E-state index contributed by atoms with van der Waals surface area (Å²) in [6.45, 7) is 0.331. The number of carbonyl (C=O) groups excluding carboxylic acids is 1. The molecule has 1 heterocycles. The summed E-state index contributed by atoms with van der Waals surface area (Å²) in [5, 5.41) is 13.3. The number of aromatic nitrogens is 2. The molecule has 0 aliphatic carbocycles. The van der Waals surface area contributed by atoms with E-state index in [0.29, 0.717) is 12.2 Å². The zero-order valence-corrected chi connectivity index (χ0v) is 18.2. The average molecular weight is 456 g/mol. The fourth-order valence-electron chi connectivity index (χ4n) is 2.80. The molecule has 10 heteroatoms. The van der Waals surface area contributed by atoms with Crippen LogP contribution in [0.2, 0.25) is 0 Å². The van der Waals surface area contributed by atoms with Gasteiger partial charge in [0.1, 0.15) is 16.4 Å². The molecule has 0 aliphatic rings. The molecule has 0 fully saturated rings. The molecule has 166 valence electrons. The molecule has 8 nitrogen and oxygen atoms in total. The summed E-state index contributed by atoms with van der Waals surface area (Å²) in [4.78, 5) is 41.5. The molecular formula is C22H21FN4O4S. The number of carbonyl (C=O) groups is 1. The summed E-state index contributed by atoms with van der Waals surface area (Å²) in [5.41, 5.74) is -0.448. The maximum atomic E-state index is 13.3. The maximum absolute atomic E-state index is 13.3. The molecule has 2 aromatic carbocycles. The number of benzene rings is 2. The van der Waals surface area contributed by atoms with Crippen LogP contribution in [0.25, 0.3) is 0 Å². The highest BCUT2D eigenvalue weighted by molar-refractivity contribution is 8.15. The number of thioether (sulfide) groups is 1. The Bertz CT molecular complexity index is 1270. The van der Waals surface area contributed by atoms with Crippen LogP contribution >= 0.6 is 11.8 Å². The first kappa shape index (κ1) is 23.0. The second-order valence-electron chi connectivity index (χ2n) is 6.85. The van der Waals surface area contributed by atoms with E-state index in [4.69, 9.17) is 0 Å². The maximum Gasteiger partial charge on any atom is 0.333 e. The van der Waals surface area contributed by atoms with Crippen molar-refractivity contribution in [3.8, 4) is 5.88 Å². The number of nitrogens with zero attached hydrogens (tertiary/aromatic N) is 3. The van der Waals surface area contributed by atoms with E-state index in [0.717, 1.165) is 26.5 Å². The van der Waals surface area contributed by atoms with Crippen LogP contribution in [0.1, 0.15) is 11.1 Å². The SMILES string of the molecule is Cn1c(O)c(C(=Nc2ccc(F)cc2)SCC(=O)NCc2ccccc2)c(=O)n(C)c1=O. The third-order valence-electron chi connectivity index (χ3n) is 4.58. The predicted octanol–water partition coefficient (Wildman–Crippen LogP) is 2.06. The van der Waals surface area contributed by atoms with Crippen molar-refractivity contribution in [1.29, 1.82) is 0 Å². The number of hydrogen-bond donors (Lipinski definition) is 2. The van der Waals surface area contributed by atoms with Crippen molar-refractivity contribution in [3.05, 3.63) is 92.4 Å². The van der Waals surface area contributed by atoms with Crippen molar-refractivity contribution in [1.82, 2.24) is 14.5 Å². The highest BCUT2D eigenvalue weighted by atomic mass is 32.2. The fraction of sp³-hybridized carbons (Fsp3) is 0.182. The number of hydrogen-bond acceptors (Lipinski definition) is 6. The van der Waals surface area contributed by atoms with Crippen molar-refractivity contribution in [2.24, 2.45) is 19.1 Å². The molecule has 1 aromatic heterocycles. The van der Waals surface area contributed by atoms with Gasteiger partial charge in [-0.2, -0.15) is 0 Å². The van der Waals surface area contributed by atoms with Crippen molar-refractivity contribution < 1.29 is 14.3 Å². The minimum absolute atomic E-state index is 0.0279. The minimum Gasteiger partial charge on any atom is -0.494 e. The molecule has 0 aliphatic heterocycles. The van der Waals surface area contributed by atoms with E-state index in [9.17, 15) is 23.9 Å². The van der Waals surface area contributed by atoms with Gasteiger partial charge in [-0.3, -0.25) is 18.7 Å². The van der Waals surface area contributed by atoms with E-state index in [-0.39, 0.29) is 22.3 Å². The zero-order chi connectivity index (χ0) is 23.3. The summed E-state index contributed by atoms with van der Waals surface area (Å²) in [7, 11) is 2.59. The van der Waals surface area contributed by atoms with Crippen LogP contribution in [-0.4, -0.2) is 30.9 Å². The topological polar surface area (TPSA) is 106 Å². The van der Waals surface area contributed by atoms with E-state index < -0.39 is 22.9 Å². The number of halogens is 1. The van der Waals surface area contributed by atoms with Crippen LogP contribution in [0.4, 0.5) is 10.1 Å². The second kappa shape index (κ2) is 10.1. The number of aliphatic imine (C=N–C) groups is 1. The van der Waals surface area contributed by atoms with E-state index in [1.165, 1.54) is 38.4 Å². The van der Waals surface area contributed by atoms with Crippen LogP contribution in [0.15, 0.2) is 69.2 Å². The highest BCUT2D eigenvalue weighted by Gasteiger charge is 2.21. The normalized spacial score (nSPS) is 11.4. The quantitative estimate of drug-likeness (QED) is 0.436. The standard InChI is InChI=1S/C22H21FN4O4S/c1-26-20(29)18(21(30)27(2)22(26)31)19(25-16-10-8-15(23)9-11-16)32-13-17(28)24-12-14-6-4-3-5-7-14/h3-11,29H,12-13H2,1-2H3,(H,24,28). The molecule has 0 bridgehead atoms. The van der Waals surface area contributed by atoms with Gasteiger partial charge in [-0.15, -0.1) is 0 Å². The van der Waals surface area contributed by atoms with Gasteiger partial charge >= 0.3 is 5.69 Å². The lowest BCUT2D eigenvalue weighted by Crippen LogP contribution is -2.39. The van der Waals surface area contributed by atoms with Gasteiger partial charge in [-0.1, -0.05) is 42.1 Å². The van der Waals surface area contributed by atoms with Gasteiger partial charge in [-0.25, -0.2) is 14.2 Å². The van der Waals surface area contributed by atoms with Crippen molar-refractivity contribution in [2.75, 3.05) is 5.75 Å². The molecule has 0 unspecified atom stereocenters. The number of rotatable bonds is 6. The molecule has 0 atom stereocenters. The Morgan fingerprint density at radius 2 is 1.72 bits per heavy atom. The molecular weight excluding hydrogens is 435 g/mol. The third-order valence-corrected chi connectivity index (χ3v) is 5.55. The number of amides is 1. The lowest BCUT2D eigenvalue weighted by molar-refractivity contribution is -0.118. The van der Waals surface area contributed by atoms with Gasteiger partial charge < -0.3 is 10.4 Å². The zero-order valence-electron chi connectivity index (χ0n) is 17.4. The van der Waals surface area contributed by atoms with E-state index in [1.807, 2.05) is 30.3 Å². The van der Waals surface area contributed by atoms with Crippen LogP contribution in [-0.2, 0) is 25.4 Å². The van der Waals surface area contributed by atoms with Crippen molar-refractivity contribution >= 4 is 28.4 Å². The molecule has 0 spiro atoms. The van der Waals surface area contributed by atoms with E-state index in [2.05, 4.69) is 10.3 Å². The average Bonchev–Trinajstić information content (AvgIpc) is 2.80. The summed E-state index contributed by atoms with van der Waals surface area (Å²) >= 11 is 0.924. The fourth-order valence-corrected chi connectivity index (χ4v) is 3.66. The molecule has 0 saturated heterocycles. The Kier molecular flexibility index (Phi) is 7.26. The van der Waals surface area contributed by atoms with Gasteiger partial charge in [0.2, 0.25) is 11.8 Å². The third kappa shape index (κ3) is 5.33. The summed E-state index contributed by atoms with van der Waals surface area (Å²) in [5.74, 6) is -1.44. The first-order valence-corrected chi connectivity index (χ1v) is 10.5.